The number of benzene rings is 1. The molecule has 1 heterocycles. The van der Waals surface area contributed by atoms with E-state index in [0.717, 1.165) is 37.8 Å². The fourth-order valence-electron chi connectivity index (χ4n) is 2.88. The van der Waals surface area contributed by atoms with Crippen molar-refractivity contribution in [3.05, 3.63) is 30.3 Å². The summed E-state index contributed by atoms with van der Waals surface area (Å²) in [6.45, 7) is 1.39. The number of amides is 1. The minimum Gasteiger partial charge on any atom is -0.376 e. The molecular weight excluding hydrogens is 314 g/mol. The molecule has 2 rings (SSSR count). The van der Waals surface area contributed by atoms with Crippen molar-refractivity contribution in [3.63, 3.8) is 0 Å². The van der Waals surface area contributed by atoms with Crippen molar-refractivity contribution in [2.75, 3.05) is 31.2 Å². The van der Waals surface area contributed by atoms with Gasteiger partial charge >= 0.3 is 0 Å². The van der Waals surface area contributed by atoms with Gasteiger partial charge in [-0.05, 0) is 37.8 Å². The Morgan fingerprint density at radius 3 is 2.70 bits per heavy atom. The van der Waals surface area contributed by atoms with Gasteiger partial charge in [0.25, 0.3) is 0 Å². The zero-order valence-electron chi connectivity index (χ0n) is 13.5. The number of para-hydroxylation sites is 1. The molecule has 23 heavy (non-hydrogen) atoms. The normalized spacial score (nSPS) is 18.7. The van der Waals surface area contributed by atoms with Crippen LogP contribution < -0.4 is 10.0 Å². The molecule has 1 aromatic carbocycles. The monoisotopic (exact) mass is 339 g/mol. The number of carbonyl (C=O) groups excluding carboxylic acids is 1. The van der Waals surface area contributed by atoms with E-state index in [2.05, 4.69) is 10.0 Å². The van der Waals surface area contributed by atoms with Crippen LogP contribution in [0.4, 0.5) is 5.69 Å². The summed E-state index contributed by atoms with van der Waals surface area (Å²) in [4.78, 5) is 14.4. The lowest BCUT2D eigenvalue weighted by Gasteiger charge is -2.36. The van der Waals surface area contributed by atoms with E-state index in [1.165, 1.54) is 0 Å². The van der Waals surface area contributed by atoms with Crippen molar-refractivity contribution >= 4 is 21.6 Å². The minimum atomic E-state index is -3.17. The van der Waals surface area contributed by atoms with Gasteiger partial charge in [0.1, 0.15) is 0 Å². The Morgan fingerprint density at radius 1 is 1.26 bits per heavy atom. The number of rotatable bonds is 7. The number of likely N-dealkylation sites (tertiary alicyclic amines) is 1. The van der Waals surface area contributed by atoms with Gasteiger partial charge in [0.15, 0.2) is 0 Å². The predicted molar refractivity (Wildman–Crippen MR) is 91.7 cm³/mol. The van der Waals surface area contributed by atoms with Crippen molar-refractivity contribution in [2.24, 2.45) is 0 Å². The molecule has 1 aromatic rings. The average molecular weight is 339 g/mol. The van der Waals surface area contributed by atoms with Crippen LogP contribution in [0.5, 0.6) is 0 Å². The lowest BCUT2D eigenvalue weighted by Crippen LogP contribution is -2.47. The highest BCUT2D eigenvalue weighted by Gasteiger charge is 2.26. The molecule has 6 nitrogen and oxygen atoms in total. The first-order valence-electron chi connectivity index (χ1n) is 7.99. The van der Waals surface area contributed by atoms with Gasteiger partial charge in [0, 0.05) is 24.8 Å². The molecule has 1 amide bonds. The Morgan fingerprint density at radius 2 is 2.00 bits per heavy atom. The third-order valence-electron chi connectivity index (χ3n) is 4.01. The summed E-state index contributed by atoms with van der Waals surface area (Å²) in [5.74, 6) is 0.0675. The van der Waals surface area contributed by atoms with E-state index in [1.54, 1.807) is 0 Å². The Hall–Kier alpha value is -1.60. The first kappa shape index (κ1) is 17.7. The van der Waals surface area contributed by atoms with Gasteiger partial charge in [-0.3, -0.25) is 4.79 Å². The first-order chi connectivity index (χ1) is 11.0. The number of hydrogen-bond acceptors (Lipinski definition) is 4. The topological polar surface area (TPSA) is 78.5 Å². The van der Waals surface area contributed by atoms with Crippen molar-refractivity contribution < 1.29 is 13.2 Å². The minimum absolute atomic E-state index is 0.0675. The Bertz CT molecular complexity index is 604. The molecule has 0 radical (unpaired) electrons. The van der Waals surface area contributed by atoms with Crippen LogP contribution in [0.3, 0.4) is 0 Å². The summed E-state index contributed by atoms with van der Waals surface area (Å²) < 4.78 is 24.8. The quantitative estimate of drug-likeness (QED) is 0.787. The van der Waals surface area contributed by atoms with Gasteiger partial charge in [-0.2, -0.15) is 0 Å². The second kappa shape index (κ2) is 8.31. The van der Waals surface area contributed by atoms with Crippen molar-refractivity contribution in [1.82, 2.24) is 9.62 Å². The number of hydrogen-bond donors (Lipinski definition) is 2. The van der Waals surface area contributed by atoms with Gasteiger partial charge in [-0.15, -0.1) is 0 Å². The largest absolute Gasteiger partial charge is 0.376 e. The van der Waals surface area contributed by atoms with Crippen LogP contribution in [0.25, 0.3) is 0 Å². The zero-order valence-corrected chi connectivity index (χ0v) is 14.3. The number of carbonyl (C=O) groups is 1. The van der Waals surface area contributed by atoms with Crippen molar-refractivity contribution in [2.45, 2.75) is 31.7 Å². The number of nitrogens with zero attached hydrogens (tertiary/aromatic N) is 1. The molecule has 0 spiro atoms. The van der Waals surface area contributed by atoms with E-state index in [4.69, 9.17) is 0 Å². The van der Waals surface area contributed by atoms with Gasteiger partial charge in [-0.1, -0.05) is 18.2 Å². The van der Waals surface area contributed by atoms with E-state index in [9.17, 15) is 13.2 Å². The standard InChI is InChI=1S/C16H25N3O3S/c1-23(21,22)18-11-10-15-9-5-6-12-19(15)16(20)13-17-14-7-3-2-4-8-14/h2-4,7-8,15,17-18H,5-6,9-13H2,1H3. The van der Waals surface area contributed by atoms with E-state index in [-0.39, 0.29) is 18.5 Å². The predicted octanol–water partition coefficient (Wildman–Crippen LogP) is 1.42. The molecule has 2 N–H and O–H groups in total. The van der Waals surface area contributed by atoms with Gasteiger partial charge in [0.05, 0.1) is 12.8 Å². The summed E-state index contributed by atoms with van der Waals surface area (Å²) in [5.41, 5.74) is 0.924. The van der Waals surface area contributed by atoms with E-state index >= 15 is 0 Å². The lowest BCUT2D eigenvalue weighted by atomic mass is 9.99. The fraction of sp³-hybridized carbons (Fsp3) is 0.562. The molecule has 1 fully saturated rings. The summed E-state index contributed by atoms with van der Waals surface area (Å²) in [7, 11) is -3.17. The van der Waals surface area contributed by atoms with Crippen LogP contribution in [0.1, 0.15) is 25.7 Å². The molecule has 7 heteroatoms. The fourth-order valence-corrected chi connectivity index (χ4v) is 3.36. The Labute approximate surface area is 138 Å². The highest BCUT2D eigenvalue weighted by atomic mass is 32.2. The van der Waals surface area contributed by atoms with Crippen LogP contribution >= 0.6 is 0 Å². The maximum Gasteiger partial charge on any atom is 0.242 e. The highest BCUT2D eigenvalue weighted by Crippen LogP contribution is 2.19. The summed E-state index contributed by atoms with van der Waals surface area (Å²) in [6.07, 6.45) is 4.83. The van der Waals surface area contributed by atoms with Crippen LogP contribution in [0, 0.1) is 0 Å². The van der Waals surface area contributed by atoms with E-state index in [1.807, 2.05) is 35.2 Å². The third-order valence-corrected chi connectivity index (χ3v) is 4.74. The molecule has 128 valence electrons. The summed E-state index contributed by atoms with van der Waals surface area (Å²) >= 11 is 0. The van der Waals surface area contributed by atoms with Gasteiger partial charge in [-0.25, -0.2) is 13.1 Å². The maximum absolute atomic E-state index is 12.5. The Kier molecular flexibility index (Phi) is 6.41. The average Bonchev–Trinajstić information content (AvgIpc) is 2.53. The molecule has 1 aliphatic rings. The highest BCUT2D eigenvalue weighted by molar-refractivity contribution is 7.88. The molecule has 0 saturated carbocycles. The number of piperidine rings is 1. The van der Waals surface area contributed by atoms with Crippen LogP contribution in [0.15, 0.2) is 30.3 Å². The molecule has 1 saturated heterocycles. The van der Waals surface area contributed by atoms with Crippen LogP contribution in [-0.4, -0.2) is 51.2 Å². The van der Waals surface area contributed by atoms with Gasteiger partial charge < -0.3 is 10.2 Å². The Balaban J connectivity index is 1.85. The second-order valence-corrected chi connectivity index (χ2v) is 7.74. The number of sulfonamides is 1. The number of nitrogens with one attached hydrogen (secondary N) is 2. The SMILES string of the molecule is CS(=O)(=O)NCCC1CCCCN1C(=O)CNc1ccccc1. The van der Waals surface area contributed by atoms with Crippen molar-refractivity contribution in [1.29, 1.82) is 0 Å². The zero-order chi connectivity index (χ0) is 16.7. The molecule has 0 bridgehead atoms. The number of anilines is 1. The summed E-state index contributed by atoms with van der Waals surface area (Å²) in [6, 6.07) is 9.75. The van der Waals surface area contributed by atoms with Crippen LogP contribution in [-0.2, 0) is 14.8 Å². The molecular formula is C16H25N3O3S. The molecule has 0 aliphatic carbocycles. The van der Waals surface area contributed by atoms with Gasteiger partial charge in [0.2, 0.25) is 15.9 Å². The molecule has 0 aromatic heterocycles. The van der Waals surface area contributed by atoms with Crippen LogP contribution in [0.2, 0.25) is 0 Å². The molecule has 1 aliphatic heterocycles. The van der Waals surface area contributed by atoms with Crippen molar-refractivity contribution in [3.8, 4) is 0 Å². The van der Waals surface area contributed by atoms with E-state index < -0.39 is 10.0 Å². The molecule has 1 unspecified atom stereocenters. The maximum atomic E-state index is 12.5. The second-order valence-electron chi connectivity index (χ2n) is 5.91. The van der Waals surface area contributed by atoms with E-state index in [0.29, 0.717) is 13.0 Å². The lowest BCUT2D eigenvalue weighted by molar-refractivity contribution is -0.133. The third kappa shape index (κ3) is 6.19. The first-order valence-corrected chi connectivity index (χ1v) is 9.88. The molecule has 1 atom stereocenters. The smallest absolute Gasteiger partial charge is 0.242 e. The summed E-state index contributed by atoms with van der Waals surface area (Å²) in [5, 5.41) is 3.14.